The molecule has 0 atom stereocenters. The van der Waals surface area contributed by atoms with Crippen molar-refractivity contribution in [2.24, 2.45) is 0 Å². The monoisotopic (exact) mass is 585 g/mol. The van der Waals surface area contributed by atoms with Gasteiger partial charge in [0.05, 0.1) is 21.3 Å². The number of nitro groups is 1. The number of halogens is 1. The summed E-state index contributed by atoms with van der Waals surface area (Å²) < 4.78 is 0.997. The Balaban J connectivity index is 1.73. The van der Waals surface area contributed by atoms with E-state index in [1.807, 2.05) is 12.1 Å². The number of aliphatic hydroxyl groups excluding tert-OH is 1. The maximum Gasteiger partial charge on any atom is 0.294 e. The predicted octanol–water partition coefficient (Wildman–Crippen LogP) is 3.96. The standard InChI is InChI=1S/C20H16IN3O6S2/c21-13-2-4-14(5-3-13)22-18(26)11-23-19(27)17(32-20(23)28)10-12-1-6-16(31-8-7-25)15(9-12)24(29)30/h1-6,9-10,25H,7-8,11H2,(H,22,26)/b17-10-. The zero-order valence-corrected chi connectivity index (χ0v) is 20.1. The van der Waals surface area contributed by atoms with E-state index in [9.17, 15) is 24.5 Å². The number of carbonyl (C=O) groups is 3. The van der Waals surface area contributed by atoms with Crippen molar-refractivity contribution in [3.05, 3.63) is 66.6 Å². The van der Waals surface area contributed by atoms with Gasteiger partial charge in [0.15, 0.2) is 0 Å². The van der Waals surface area contributed by atoms with E-state index in [-0.39, 0.29) is 17.2 Å². The summed E-state index contributed by atoms with van der Waals surface area (Å²) in [6.45, 7) is -0.557. The zero-order valence-electron chi connectivity index (χ0n) is 16.3. The average molecular weight is 585 g/mol. The number of aliphatic hydroxyl groups is 1. The molecule has 0 spiro atoms. The number of thioether (sulfide) groups is 2. The van der Waals surface area contributed by atoms with Crippen molar-refractivity contribution < 1.29 is 24.4 Å². The van der Waals surface area contributed by atoms with Crippen LogP contribution in [0.4, 0.5) is 16.2 Å². The molecule has 2 aromatic rings. The summed E-state index contributed by atoms with van der Waals surface area (Å²) in [5.41, 5.74) is 0.761. The fourth-order valence-electron chi connectivity index (χ4n) is 2.71. The van der Waals surface area contributed by atoms with Crippen LogP contribution >= 0.6 is 46.1 Å². The third-order valence-corrected chi connectivity index (χ3v) is 6.80. The summed E-state index contributed by atoms with van der Waals surface area (Å²) in [5.74, 6) is -0.849. The second kappa shape index (κ2) is 10.9. The van der Waals surface area contributed by atoms with E-state index >= 15 is 0 Å². The Hall–Kier alpha value is -2.42. The minimum absolute atomic E-state index is 0.0714. The number of hydrogen-bond donors (Lipinski definition) is 2. The first-order valence-corrected chi connectivity index (χ1v) is 12.0. The van der Waals surface area contributed by atoms with Gasteiger partial charge >= 0.3 is 0 Å². The molecule has 0 unspecified atom stereocenters. The minimum Gasteiger partial charge on any atom is -0.396 e. The fraction of sp³-hybridized carbons (Fsp3) is 0.150. The van der Waals surface area contributed by atoms with E-state index in [1.54, 1.807) is 18.2 Å². The SMILES string of the molecule is O=C(CN1C(=O)S/C(=C\c2ccc(SCCO)c([N+](=O)[O-])c2)C1=O)Nc1ccc(I)cc1. The molecule has 1 heterocycles. The molecule has 1 aliphatic rings. The van der Waals surface area contributed by atoms with E-state index in [1.165, 1.54) is 18.2 Å². The lowest BCUT2D eigenvalue weighted by Crippen LogP contribution is -2.36. The number of amides is 3. The largest absolute Gasteiger partial charge is 0.396 e. The van der Waals surface area contributed by atoms with Crippen LogP contribution in [0.3, 0.4) is 0 Å². The molecule has 0 radical (unpaired) electrons. The van der Waals surface area contributed by atoms with Crippen molar-refractivity contribution in [2.45, 2.75) is 4.90 Å². The Morgan fingerprint density at radius 1 is 1.25 bits per heavy atom. The molecule has 1 fully saturated rings. The maximum absolute atomic E-state index is 12.6. The highest BCUT2D eigenvalue weighted by atomic mass is 127. The van der Waals surface area contributed by atoms with Gasteiger partial charge in [-0.3, -0.25) is 29.4 Å². The molecular weight excluding hydrogens is 569 g/mol. The molecule has 2 aromatic carbocycles. The summed E-state index contributed by atoms with van der Waals surface area (Å²) in [7, 11) is 0. The van der Waals surface area contributed by atoms with Crippen LogP contribution in [0.1, 0.15) is 5.56 Å². The number of nitrogens with one attached hydrogen (secondary N) is 1. The van der Waals surface area contributed by atoms with E-state index in [0.29, 0.717) is 33.7 Å². The lowest BCUT2D eigenvalue weighted by molar-refractivity contribution is -0.387. The number of nitro benzene ring substituents is 1. The molecule has 0 aromatic heterocycles. The molecule has 1 saturated heterocycles. The van der Waals surface area contributed by atoms with E-state index in [0.717, 1.165) is 20.2 Å². The lowest BCUT2D eigenvalue weighted by Gasteiger charge is -2.12. The van der Waals surface area contributed by atoms with E-state index in [4.69, 9.17) is 5.11 Å². The first-order valence-electron chi connectivity index (χ1n) is 9.11. The van der Waals surface area contributed by atoms with Crippen LogP contribution in [0.2, 0.25) is 0 Å². The summed E-state index contributed by atoms with van der Waals surface area (Å²) in [6, 6.07) is 11.5. The van der Waals surface area contributed by atoms with Crippen LogP contribution in [0, 0.1) is 13.7 Å². The number of carbonyl (C=O) groups excluding carboxylic acids is 3. The fourth-order valence-corrected chi connectivity index (χ4v) is 4.66. The van der Waals surface area contributed by atoms with Crippen molar-refractivity contribution in [1.82, 2.24) is 4.90 Å². The topological polar surface area (TPSA) is 130 Å². The first kappa shape index (κ1) is 24.2. The Morgan fingerprint density at radius 3 is 2.62 bits per heavy atom. The highest BCUT2D eigenvalue weighted by molar-refractivity contribution is 14.1. The van der Waals surface area contributed by atoms with Crippen LogP contribution in [-0.2, 0) is 9.59 Å². The summed E-state index contributed by atoms with van der Waals surface area (Å²) in [6.07, 6.45) is 1.38. The predicted molar refractivity (Wildman–Crippen MR) is 131 cm³/mol. The second-order valence-electron chi connectivity index (χ2n) is 6.38. The lowest BCUT2D eigenvalue weighted by atomic mass is 10.2. The molecule has 2 N–H and O–H groups in total. The Labute approximate surface area is 204 Å². The third-order valence-electron chi connectivity index (χ3n) is 4.13. The van der Waals surface area contributed by atoms with Gasteiger partial charge in [0, 0.05) is 21.1 Å². The molecule has 3 rings (SSSR count). The van der Waals surface area contributed by atoms with Crippen LogP contribution in [0.5, 0.6) is 0 Å². The normalized spacial score (nSPS) is 14.8. The maximum atomic E-state index is 12.6. The van der Waals surface area contributed by atoms with Gasteiger partial charge in [-0.05, 0) is 76.3 Å². The van der Waals surface area contributed by atoms with Crippen LogP contribution in [0.25, 0.3) is 6.08 Å². The summed E-state index contributed by atoms with van der Waals surface area (Å²) in [5, 5.41) is 22.3. The Morgan fingerprint density at radius 2 is 1.97 bits per heavy atom. The number of imide groups is 1. The van der Waals surface area contributed by atoms with Crippen LogP contribution in [0.15, 0.2) is 52.3 Å². The number of hydrogen-bond acceptors (Lipinski definition) is 8. The Bertz CT molecular complexity index is 1110. The molecule has 12 heteroatoms. The van der Waals surface area contributed by atoms with Gasteiger partial charge in [-0.1, -0.05) is 6.07 Å². The molecule has 0 bridgehead atoms. The smallest absolute Gasteiger partial charge is 0.294 e. The van der Waals surface area contributed by atoms with E-state index in [2.05, 4.69) is 27.9 Å². The highest BCUT2D eigenvalue weighted by Gasteiger charge is 2.36. The van der Waals surface area contributed by atoms with Gasteiger partial charge in [-0.15, -0.1) is 11.8 Å². The quantitative estimate of drug-likeness (QED) is 0.157. The second-order valence-corrected chi connectivity index (χ2v) is 9.75. The summed E-state index contributed by atoms with van der Waals surface area (Å²) in [4.78, 5) is 49.3. The molecule has 0 saturated carbocycles. The third kappa shape index (κ3) is 6.09. The first-order chi connectivity index (χ1) is 15.3. The van der Waals surface area contributed by atoms with Crippen molar-refractivity contribution in [2.75, 3.05) is 24.2 Å². The molecule has 9 nitrogen and oxygen atoms in total. The van der Waals surface area contributed by atoms with Crippen molar-refractivity contribution >= 4 is 80.6 Å². The molecule has 32 heavy (non-hydrogen) atoms. The molecule has 1 aliphatic heterocycles. The van der Waals surface area contributed by atoms with Crippen molar-refractivity contribution in [3.63, 3.8) is 0 Å². The molecular formula is C20H16IN3O6S2. The minimum atomic E-state index is -0.640. The number of rotatable bonds is 8. The number of anilines is 1. The van der Waals surface area contributed by atoms with Gasteiger partial charge < -0.3 is 10.4 Å². The van der Waals surface area contributed by atoms with E-state index < -0.39 is 28.5 Å². The average Bonchev–Trinajstić information content (AvgIpc) is 3.01. The Kier molecular flexibility index (Phi) is 8.28. The molecule has 3 amide bonds. The van der Waals surface area contributed by atoms with Gasteiger partial charge in [0.25, 0.3) is 16.8 Å². The van der Waals surface area contributed by atoms with Gasteiger partial charge in [0.1, 0.15) is 6.54 Å². The van der Waals surface area contributed by atoms with Gasteiger partial charge in [-0.2, -0.15) is 0 Å². The zero-order chi connectivity index (χ0) is 23.3. The molecule has 166 valence electrons. The summed E-state index contributed by atoms with van der Waals surface area (Å²) >= 11 is 3.95. The number of benzene rings is 2. The van der Waals surface area contributed by atoms with Gasteiger partial charge in [0.2, 0.25) is 5.91 Å². The number of nitrogens with zero attached hydrogens (tertiary/aromatic N) is 2. The van der Waals surface area contributed by atoms with Crippen molar-refractivity contribution in [3.8, 4) is 0 Å². The molecule has 0 aliphatic carbocycles. The highest BCUT2D eigenvalue weighted by Crippen LogP contribution is 2.34. The van der Waals surface area contributed by atoms with Crippen LogP contribution < -0.4 is 5.32 Å². The van der Waals surface area contributed by atoms with Crippen molar-refractivity contribution in [1.29, 1.82) is 0 Å². The van der Waals surface area contributed by atoms with Crippen LogP contribution in [-0.4, -0.2) is 50.9 Å². The van der Waals surface area contributed by atoms with Gasteiger partial charge in [-0.25, -0.2) is 0 Å².